The van der Waals surface area contributed by atoms with Crippen molar-refractivity contribution in [1.29, 1.82) is 0 Å². The first-order valence-corrected chi connectivity index (χ1v) is 4.53. The van der Waals surface area contributed by atoms with Gasteiger partial charge >= 0.3 is 0 Å². The number of aromatic nitrogens is 1. The number of allylic oxidation sites excluding steroid dienone is 1. The summed E-state index contributed by atoms with van der Waals surface area (Å²) in [7, 11) is 0. The van der Waals surface area contributed by atoms with Crippen LogP contribution in [0.3, 0.4) is 0 Å². The number of rotatable bonds is 2. The molecule has 0 aliphatic carbocycles. The maximum atomic E-state index is 4.39. The van der Waals surface area contributed by atoms with Crippen molar-refractivity contribution in [3.8, 4) is 0 Å². The maximum absolute atomic E-state index is 4.39. The van der Waals surface area contributed by atoms with Gasteiger partial charge in [0, 0.05) is 6.42 Å². The highest BCUT2D eigenvalue weighted by Gasteiger charge is 1.99. The second kappa shape index (κ2) is 3.07. The van der Waals surface area contributed by atoms with E-state index in [-0.39, 0.29) is 0 Å². The SMILES string of the molecule is C=C[CH]c1nc2ccccc2s1. The van der Waals surface area contributed by atoms with Crippen LogP contribution in [0.5, 0.6) is 0 Å². The molecule has 0 fully saturated rings. The average Bonchev–Trinajstić information content (AvgIpc) is 2.47. The summed E-state index contributed by atoms with van der Waals surface area (Å²) in [6.07, 6.45) is 3.68. The fourth-order valence-corrected chi connectivity index (χ4v) is 1.96. The minimum atomic E-state index is 1.02. The van der Waals surface area contributed by atoms with Crippen molar-refractivity contribution in [3.63, 3.8) is 0 Å². The Morgan fingerprint density at radius 3 is 2.92 bits per heavy atom. The normalized spacial score (nSPS) is 10.3. The van der Waals surface area contributed by atoms with Gasteiger partial charge in [-0.25, -0.2) is 4.98 Å². The molecule has 0 amide bonds. The van der Waals surface area contributed by atoms with Crippen LogP contribution in [0, 0.1) is 6.42 Å². The van der Waals surface area contributed by atoms with E-state index in [0.717, 1.165) is 10.5 Å². The van der Waals surface area contributed by atoms with Gasteiger partial charge in [-0.05, 0) is 12.1 Å². The van der Waals surface area contributed by atoms with Crippen LogP contribution in [0.25, 0.3) is 10.2 Å². The summed E-state index contributed by atoms with van der Waals surface area (Å²) in [4.78, 5) is 4.39. The van der Waals surface area contributed by atoms with E-state index in [1.807, 2.05) is 24.6 Å². The van der Waals surface area contributed by atoms with Crippen molar-refractivity contribution in [2.45, 2.75) is 0 Å². The van der Waals surface area contributed by atoms with Gasteiger partial charge in [0.15, 0.2) is 0 Å². The molecular weight excluding hydrogens is 166 g/mol. The summed E-state index contributed by atoms with van der Waals surface area (Å²) in [6.45, 7) is 3.64. The first-order chi connectivity index (χ1) is 5.90. The second-order valence-electron chi connectivity index (χ2n) is 2.42. The molecule has 0 saturated heterocycles. The van der Waals surface area contributed by atoms with E-state index in [9.17, 15) is 0 Å². The summed E-state index contributed by atoms with van der Waals surface area (Å²) >= 11 is 1.68. The average molecular weight is 174 g/mol. The van der Waals surface area contributed by atoms with Crippen LogP contribution in [0.4, 0.5) is 0 Å². The molecule has 2 rings (SSSR count). The summed E-state index contributed by atoms with van der Waals surface area (Å²) in [5.74, 6) is 0. The van der Waals surface area contributed by atoms with Gasteiger partial charge in [-0.15, -0.1) is 17.9 Å². The van der Waals surface area contributed by atoms with Crippen LogP contribution in [-0.2, 0) is 0 Å². The van der Waals surface area contributed by atoms with Crippen LogP contribution in [0.2, 0.25) is 0 Å². The predicted octanol–water partition coefficient (Wildman–Crippen LogP) is 3.03. The summed E-state index contributed by atoms with van der Waals surface area (Å²) in [5, 5.41) is 1.02. The lowest BCUT2D eigenvalue weighted by atomic mass is 10.3. The van der Waals surface area contributed by atoms with Crippen LogP contribution in [0.15, 0.2) is 36.9 Å². The fraction of sp³-hybridized carbons (Fsp3) is 0. The third kappa shape index (κ3) is 1.25. The molecule has 1 aromatic heterocycles. The molecule has 0 saturated carbocycles. The highest BCUT2D eigenvalue weighted by Crippen LogP contribution is 2.22. The molecule has 12 heavy (non-hydrogen) atoms. The van der Waals surface area contributed by atoms with Gasteiger partial charge in [0.05, 0.1) is 10.2 Å². The minimum absolute atomic E-state index is 1.02. The molecule has 59 valence electrons. The third-order valence-corrected chi connectivity index (χ3v) is 2.57. The van der Waals surface area contributed by atoms with Crippen molar-refractivity contribution in [2.24, 2.45) is 0 Å². The number of thiazole rings is 1. The fourth-order valence-electron chi connectivity index (χ4n) is 1.06. The van der Waals surface area contributed by atoms with Gasteiger partial charge in [0.25, 0.3) is 0 Å². The number of hydrogen-bond donors (Lipinski definition) is 0. The summed E-state index contributed by atoms with van der Waals surface area (Å²) in [5.41, 5.74) is 1.07. The Bertz CT molecular complexity index is 370. The molecule has 0 bridgehead atoms. The highest BCUT2D eigenvalue weighted by molar-refractivity contribution is 7.18. The molecular formula is C10H8NS. The quantitative estimate of drug-likeness (QED) is 0.682. The van der Waals surface area contributed by atoms with E-state index >= 15 is 0 Å². The van der Waals surface area contributed by atoms with Gasteiger partial charge in [-0.2, -0.15) is 0 Å². The first kappa shape index (κ1) is 7.50. The standard InChI is InChI=1S/C10H8NS/c1-2-5-10-11-8-6-3-4-7-9(8)12-10/h2-7H,1H2. The van der Waals surface area contributed by atoms with Gasteiger partial charge in [0.2, 0.25) is 0 Å². The lowest BCUT2D eigenvalue weighted by Gasteiger charge is -1.81. The van der Waals surface area contributed by atoms with Gasteiger partial charge < -0.3 is 0 Å². The summed E-state index contributed by atoms with van der Waals surface area (Å²) < 4.78 is 1.23. The highest BCUT2D eigenvalue weighted by atomic mass is 32.1. The van der Waals surface area contributed by atoms with Crippen molar-refractivity contribution >= 4 is 21.6 Å². The van der Waals surface area contributed by atoms with Crippen LogP contribution in [-0.4, -0.2) is 4.98 Å². The first-order valence-electron chi connectivity index (χ1n) is 3.71. The zero-order valence-corrected chi connectivity index (χ0v) is 7.34. The number of para-hydroxylation sites is 1. The van der Waals surface area contributed by atoms with Crippen LogP contribution >= 0.6 is 11.3 Å². The van der Waals surface area contributed by atoms with E-state index < -0.39 is 0 Å². The predicted molar refractivity (Wildman–Crippen MR) is 53.2 cm³/mol. The van der Waals surface area contributed by atoms with Crippen molar-refractivity contribution < 1.29 is 0 Å². The Kier molecular flexibility index (Phi) is 1.92. The van der Waals surface area contributed by atoms with E-state index in [1.54, 1.807) is 17.4 Å². The zero-order valence-electron chi connectivity index (χ0n) is 6.53. The smallest absolute Gasteiger partial charge is 0.102 e. The molecule has 1 radical (unpaired) electrons. The number of fused-ring (bicyclic) bond motifs is 1. The molecule has 0 N–H and O–H groups in total. The molecule has 2 heteroatoms. The summed E-state index contributed by atoms with van der Waals surface area (Å²) in [6, 6.07) is 8.12. The van der Waals surface area contributed by atoms with E-state index in [1.165, 1.54) is 4.70 Å². The maximum Gasteiger partial charge on any atom is 0.102 e. The molecule has 1 nitrogen and oxygen atoms in total. The van der Waals surface area contributed by atoms with Gasteiger partial charge in [-0.3, -0.25) is 0 Å². The van der Waals surface area contributed by atoms with Gasteiger partial charge in [0.1, 0.15) is 5.01 Å². The number of nitrogens with zero attached hydrogens (tertiary/aromatic N) is 1. The third-order valence-electron chi connectivity index (χ3n) is 1.57. The van der Waals surface area contributed by atoms with E-state index in [2.05, 4.69) is 17.6 Å². The topological polar surface area (TPSA) is 12.9 Å². The van der Waals surface area contributed by atoms with Crippen molar-refractivity contribution in [2.75, 3.05) is 0 Å². The number of benzene rings is 1. The lowest BCUT2D eigenvalue weighted by Crippen LogP contribution is -1.72. The van der Waals surface area contributed by atoms with Gasteiger partial charge in [-0.1, -0.05) is 18.2 Å². The number of hydrogen-bond acceptors (Lipinski definition) is 2. The second-order valence-corrected chi connectivity index (χ2v) is 3.48. The molecule has 1 heterocycles. The lowest BCUT2D eigenvalue weighted by molar-refractivity contribution is 1.39. The monoisotopic (exact) mass is 174 g/mol. The Morgan fingerprint density at radius 1 is 1.33 bits per heavy atom. The van der Waals surface area contributed by atoms with E-state index in [0.29, 0.717) is 0 Å². The molecule has 1 aromatic carbocycles. The van der Waals surface area contributed by atoms with Crippen molar-refractivity contribution in [3.05, 3.63) is 48.3 Å². The van der Waals surface area contributed by atoms with Crippen molar-refractivity contribution in [1.82, 2.24) is 4.98 Å². The Hall–Kier alpha value is -1.15. The molecule has 2 aromatic rings. The zero-order chi connectivity index (χ0) is 8.39. The van der Waals surface area contributed by atoms with E-state index in [4.69, 9.17) is 0 Å². The Balaban J connectivity index is 2.54. The molecule has 0 unspecified atom stereocenters. The van der Waals surface area contributed by atoms with Crippen LogP contribution < -0.4 is 0 Å². The molecule has 0 aliphatic heterocycles. The minimum Gasteiger partial charge on any atom is -0.241 e. The molecule has 0 atom stereocenters. The Morgan fingerprint density at radius 2 is 2.17 bits per heavy atom. The van der Waals surface area contributed by atoms with Crippen LogP contribution in [0.1, 0.15) is 5.01 Å². The molecule has 0 spiro atoms. The largest absolute Gasteiger partial charge is 0.241 e. The Labute approximate surface area is 75.4 Å². The molecule has 0 aliphatic rings.